The van der Waals surface area contributed by atoms with Gasteiger partial charge in [-0.2, -0.15) is 0 Å². The Kier molecular flexibility index (Phi) is 10.3. The lowest BCUT2D eigenvalue weighted by Gasteiger charge is -2.18. The van der Waals surface area contributed by atoms with Crippen LogP contribution in [0.25, 0.3) is 0 Å². The highest BCUT2D eigenvalue weighted by atomic mass is 127. The summed E-state index contributed by atoms with van der Waals surface area (Å²) in [6.07, 6.45) is 8.00. The van der Waals surface area contributed by atoms with Gasteiger partial charge in [0.2, 0.25) is 0 Å². The quantitative estimate of drug-likeness (QED) is 0.349. The van der Waals surface area contributed by atoms with Crippen molar-refractivity contribution in [1.82, 2.24) is 20.2 Å². The van der Waals surface area contributed by atoms with E-state index in [1.165, 1.54) is 17.5 Å². The molecule has 1 atom stereocenters. The van der Waals surface area contributed by atoms with Crippen molar-refractivity contribution in [3.05, 3.63) is 54.1 Å². The van der Waals surface area contributed by atoms with Gasteiger partial charge in [-0.05, 0) is 36.8 Å². The number of aromatic nitrogens is 2. The van der Waals surface area contributed by atoms with Crippen LogP contribution in [-0.4, -0.2) is 28.6 Å². The van der Waals surface area contributed by atoms with Crippen molar-refractivity contribution in [2.75, 3.05) is 7.05 Å². The summed E-state index contributed by atoms with van der Waals surface area (Å²) >= 11 is 0. The maximum absolute atomic E-state index is 4.32. The van der Waals surface area contributed by atoms with Crippen LogP contribution in [0.5, 0.6) is 0 Å². The number of hydrogen-bond donors (Lipinski definition) is 2. The molecule has 0 saturated carbocycles. The van der Waals surface area contributed by atoms with E-state index in [1.54, 1.807) is 6.20 Å². The van der Waals surface area contributed by atoms with Crippen molar-refractivity contribution < 1.29 is 0 Å². The Balaban J connectivity index is 0.00000338. The van der Waals surface area contributed by atoms with Crippen molar-refractivity contribution in [3.8, 4) is 0 Å². The van der Waals surface area contributed by atoms with Crippen molar-refractivity contribution in [3.63, 3.8) is 0 Å². The van der Waals surface area contributed by atoms with E-state index in [0.29, 0.717) is 6.04 Å². The molecule has 5 nitrogen and oxygen atoms in total. The van der Waals surface area contributed by atoms with Crippen LogP contribution in [0.4, 0.5) is 0 Å². The second-order valence-corrected chi connectivity index (χ2v) is 6.99. The summed E-state index contributed by atoms with van der Waals surface area (Å²) in [4.78, 5) is 8.39. The number of hydrogen-bond acceptors (Lipinski definition) is 2. The third kappa shape index (κ3) is 8.21. The first kappa shape index (κ1) is 22.5. The van der Waals surface area contributed by atoms with Crippen LogP contribution in [0.1, 0.15) is 44.7 Å². The lowest BCUT2D eigenvalue weighted by molar-refractivity contribution is 0.489. The van der Waals surface area contributed by atoms with Gasteiger partial charge in [-0.1, -0.05) is 38.1 Å². The molecular weight excluding hydrogens is 437 g/mol. The first-order valence-electron chi connectivity index (χ1n) is 9.07. The molecular formula is C20H32IN5. The molecule has 2 N–H and O–H groups in total. The number of nitrogens with zero attached hydrogens (tertiary/aromatic N) is 3. The van der Waals surface area contributed by atoms with Gasteiger partial charge < -0.3 is 15.2 Å². The van der Waals surface area contributed by atoms with E-state index in [1.807, 2.05) is 19.6 Å². The zero-order valence-electron chi connectivity index (χ0n) is 16.3. The molecule has 1 unspecified atom stereocenters. The molecule has 0 saturated heterocycles. The Morgan fingerprint density at radius 2 is 1.81 bits per heavy atom. The minimum absolute atomic E-state index is 0. The third-order valence-electron chi connectivity index (χ3n) is 4.19. The lowest BCUT2D eigenvalue weighted by atomic mass is 10.0. The average Bonchev–Trinajstić information content (AvgIpc) is 3.11. The Bertz CT molecular complexity index is 635. The minimum Gasteiger partial charge on any atom is -0.354 e. The Hall–Kier alpha value is -1.57. The van der Waals surface area contributed by atoms with Gasteiger partial charge in [-0.25, -0.2) is 4.98 Å². The number of halogens is 1. The highest BCUT2D eigenvalue weighted by Crippen LogP contribution is 2.07. The maximum Gasteiger partial charge on any atom is 0.191 e. The molecule has 0 fully saturated rings. The molecule has 144 valence electrons. The van der Waals surface area contributed by atoms with E-state index in [9.17, 15) is 0 Å². The molecule has 0 bridgehead atoms. The number of aliphatic imine (C=N–C) groups is 1. The lowest BCUT2D eigenvalue weighted by Crippen LogP contribution is -2.41. The van der Waals surface area contributed by atoms with Crippen molar-refractivity contribution in [1.29, 1.82) is 0 Å². The second kappa shape index (κ2) is 11.9. The summed E-state index contributed by atoms with van der Waals surface area (Å²) in [5.74, 6) is 1.60. The van der Waals surface area contributed by atoms with E-state index in [-0.39, 0.29) is 24.0 Å². The van der Waals surface area contributed by atoms with E-state index in [4.69, 9.17) is 0 Å². The normalized spacial score (nSPS) is 12.6. The van der Waals surface area contributed by atoms with E-state index in [0.717, 1.165) is 31.4 Å². The van der Waals surface area contributed by atoms with Crippen molar-refractivity contribution in [2.24, 2.45) is 10.9 Å². The van der Waals surface area contributed by atoms with Gasteiger partial charge >= 0.3 is 0 Å². The fourth-order valence-electron chi connectivity index (χ4n) is 2.62. The molecule has 0 aliphatic carbocycles. The Labute approximate surface area is 174 Å². The molecule has 1 heterocycles. The van der Waals surface area contributed by atoms with Crippen LogP contribution in [0.3, 0.4) is 0 Å². The number of imidazole rings is 1. The van der Waals surface area contributed by atoms with Crippen LogP contribution in [-0.2, 0) is 13.1 Å². The zero-order chi connectivity index (χ0) is 18.1. The summed E-state index contributed by atoms with van der Waals surface area (Å²) in [5.41, 5.74) is 2.51. The van der Waals surface area contributed by atoms with Crippen molar-refractivity contribution >= 4 is 29.9 Å². The summed E-state index contributed by atoms with van der Waals surface area (Å²) in [6.45, 7) is 8.35. The van der Waals surface area contributed by atoms with Crippen molar-refractivity contribution in [2.45, 2.75) is 52.7 Å². The van der Waals surface area contributed by atoms with Crippen LogP contribution >= 0.6 is 24.0 Å². The zero-order valence-corrected chi connectivity index (χ0v) is 18.6. The smallest absolute Gasteiger partial charge is 0.191 e. The minimum atomic E-state index is 0. The average molecular weight is 469 g/mol. The number of nitrogens with one attached hydrogen (secondary N) is 2. The standard InChI is InChI=1S/C20H31N5.HI/c1-16(2)5-6-17(3)24-20(21-4)23-13-18-7-9-19(10-8-18)14-25-12-11-22-15-25;/h7-12,15-17H,5-6,13-14H2,1-4H3,(H2,21,23,24);1H. The van der Waals surface area contributed by atoms with Gasteiger partial charge in [0.05, 0.1) is 6.33 Å². The van der Waals surface area contributed by atoms with Crippen LogP contribution in [0.2, 0.25) is 0 Å². The van der Waals surface area contributed by atoms with Gasteiger partial charge in [0.1, 0.15) is 0 Å². The predicted molar refractivity (Wildman–Crippen MR) is 120 cm³/mol. The molecule has 0 amide bonds. The van der Waals surface area contributed by atoms with Crippen LogP contribution < -0.4 is 10.6 Å². The summed E-state index contributed by atoms with van der Waals surface area (Å²) < 4.78 is 2.07. The molecule has 2 rings (SSSR count). The molecule has 2 aromatic rings. The monoisotopic (exact) mass is 469 g/mol. The largest absolute Gasteiger partial charge is 0.354 e. The maximum atomic E-state index is 4.32. The van der Waals surface area contributed by atoms with E-state index < -0.39 is 0 Å². The highest BCUT2D eigenvalue weighted by molar-refractivity contribution is 14.0. The van der Waals surface area contributed by atoms with E-state index >= 15 is 0 Å². The highest BCUT2D eigenvalue weighted by Gasteiger charge is 2.06. The van der Waals surface area contributed by atoms with Gasteiger partial charge in [-0.15, -0.1) is 24.0 Å². The molecule has 0 aliphatic heterocycles. The van der Waals surface area contributed by atoms with Gasteiger partial charge in [-0.3, -0.25) is 4.99 Å². The third-order valence-corrected chi connectivity index (χ3v) is 4.19. The molecule has 0 radical (unpaired) electrons. The fraction of sp³-hybridized carbons (Fsp3) is 0.500. The first-order valence-corrected chi connectivity index (χ1v) is 9.07. The summed E-state index contributed by atoms with van der Waals surface area (Å²) in [5, 5.41) is 6.85. The first-order chi connectivity index (χ1) is 12.1. The molecule has 1 aromatic heterocycles. The molecule has 6 heteroatoms. The van der Waals surface area contributed by atoms with Gasteiger partial charge in [0.25, 0.3) is 0 Å². The second-order valence-electron chi connectivity index (χ2n) is 6.99. The molecule has 1 aromatic carbocycles. The molecule has 0 aliphatic rings. The SMILES string of the molecule is CN=C(NCc1ccc(Cn2ccnc2)cc1)NC(C)CCC(C)C.I. The number of rotatable bonds is 8. The van der Waals surface area contributed by atoms with Gasteiger partial charge in [0, 0.05) is 38.6 Å². The van der Waals surface area contributed by atoms with Gasteiger partial charge in [0.15, 0.2) is 5.96 Å². The number of guanidine groups is 1. The number of benzene rings is 1. The Morgan fingerprint density at radius 1 is 1.12 bits per heavy atom. The summed E-state index contributed by atoms with van der Waals surface area (Å²) in [6, 6.07) is 9.08. The van der Waals surface area contributed by atoms with E-state index in [2.05, 4.69) is 70.2 Å². The predicted octanol–water partition coefficient (Wildman–Crippen LogP) is 4.04. The topological polar surface area (TPSA) is 54.2 Å². The Morgan fingerprint density at radius 3 is 2.38 bits per heavy atom. The molecule has 26 heavy (non-hydrogen) atoms. The van der Waals surface area contributed by atoms with Crippen LogP contribution in [0, 0.1) is 5.92 Å². The molecule has 0 spiro atoms. The van der Waals surface area contributed by atoms with Crippen LogP contribution in [0.15, 0.2) is 48.0 Å². The fourth-order valence-corrected chi connectivity index (χ4v) is 2.62. The summed E-state index contributed by atoms with van der Waals surface area (Å²) in [7, 11) is 1.82.